The number of benzene rings is 1. The van der Waals surface area contributed by atoms with Crippen molar-refractivity contribution in [1.29, 1.82) is 0 Å². The lowest BCUT2D eigenvalue weighted by molar-refractivity contribution is 0.324. The first kappa shape index (κ1) is 11.1. The number of rotatable bonds is 1. The van der Waals surface area contributed by atoms with Crippen LogP contribution in [-0.2, 0) is 0 Å². The van der Waals surface area contributed by atoms with E-state index in [2.05, 4.69) is 20.3 Å². The number of anilines is 2. The van der Waals surface area contributed by atoms with Gasteiger partial charge in [-0.2, -0.15) is 0 Å². The monoisotopic (exact) mass is 267 g/mol. The molecular formula is C14H13N5O. The fourth-order valence-corrected chi connectivity index (χ4v) is 2.39. The van der Waals surface area contributed by atoms with Crippen LogP contribution >= 0.6 is 0 Å². The molecule has 0 bridgehead atoms. The maximum absolute atomic E-state index is 5.76. The zero-order valence-corrected chi connectivity index (χ0v) is 10.7. The summed E-state index contributed by atoms with van der Waals surface area (Å²) >= 11 is 0. The summed E-state index contributed by atoms with van der Waals surface area (Å²) in [6, 6.07) is 9.58. The van der Waals surface area contributed by atoms with Gasteiger partial charge < -0.3 is 20.8 Å². The minimum Gasteiger partial charge on any atom is -0.489 e. The average molecular weight is 267 g/mol. The van der Waals surface area contributed by atoms with Gasteiger partial charge in [0, 0.05) is 6.54 Å². The number of fused-ring (bicyclic) bond motifs is 2. The SMILES string of the molecule is Nc1ccc2[nH]c(-c3cccc4c3OCCN4)nc2n1. The zero-order chi connectivity index (χ0) is 13.5. The highest BCUT2D eigenvalue weighted by Crippen LogP contribution is 2.37. The van der Waals surface area contributed by atoms with E-state index in [4.69, 9.17) is 10.5 Å². The first-order valence-corrected chi connectivity index (χ1v) is 6.43. The molecule has 1 aliphatic heterocycles. The number of nitrogens with two attached hydrogens (primary N) is 1. The maximum atomic E-state index is 5.76. The second kappa shape index (κ2) is 4.12. The van der Waals surface area contributed by atoms with E-state index in [-0.39, 0.29) is 0 Å². The number of ether oxygens (including phenoxy) is 1. The largest absolute Gasteiger partial charge is 0.489 e. The highest BCUT2D eigenvalue weighted by molar-refractivity contribution is 5.81. The van der Waals surface area contributed by atoms with Crippen LogP contribution in [0.1, 0.15) is 0 Å². The highest BCUT2D eigenvalue weighted by atomic mass is 16.5. The van der Waals surface area contributed by atoms with Crippen LogP contribution in [0.2, 0.25) is 0 Å². The van der Waals surface area contributed by atoms with Gasteiger partial charge in [-0.15, -0.1) is 0 Å². The number of nitrogens with zero attached hydrogens (tertiary/aromatic N) is 2. The third-order valence-electron chi connectivity index (χ3n) is 3.30. The predicted octanol–water partition coefficient (Wildman–Crippen LogP) is 2.01. The molecule has 0 spiro atoms. The summed E-state index contributed by atoms with van der Waals surface area (Å²) in [4.78, 5) is 12.0. The van der Waals surface area contributed by atoms with E-state index >= 15 is 0 Å². The number of nitrogen functional groups attached to an aromatic ring is 1. The summed E-state index contributed by atoms with van der Waals surface area (Å²) < 4.78 is 5.76. The van der Waals surface area contributed by atoms with Gasteiger partial charge in [0.2, 0.25) is 0 Å². The molecule has 100 valence electrons. The summed E-state index contributed by atoms with van der Waals surface area (Å²) in [5.74, 6) is 2.02. The molecule has 0 saturated carbocycles. The van der Waals surface area contributed by atoms with Crippen LogP contribution in [0.3, 0.4) is 0 Å². The molecule has 0 unspecified atom stereocenters. The van der Waals surface area contributed by atoms with Crippen LogP contribution in [0, 0.1) is 0 Å². The number of H-pyrrole nitrogens is 1. The number of pyridine rings is 1. The predicted molar refractivity (Wildman–Crippen MR) is 77.7 cm³/mol. The molecule has 20 heavy (non-hydrogen) atoms. The minimum atomic E-state index is 0.462. The van der Waals surface area contributed by atoms with Gasteiger partial charge in [-0.25, -0.2) is 9.97 Å². The van der Waals surface area contributed by atoms with Crippen molar-refractivity contribution in [2.24, 2.45) is 0 Å². The number of imidazole rings is 1. The van der Waals surface area contributed by atoms with Crippen LogP contribution in [0.25, 0.3) is 22.6 Å². The third kappa shape index (κ3) is 1.65. The van der Waals surface area contributed by atoms with Crippen LogP contribution in [0.4, 0.5) is 11.5 Å². The smallest absolute Gasteiger partial charge is 0.180 e. The summed E-state index contributed by atoms with van der Waals surface area (Å²) in [6.45, 7) is 1.46. The van der Waals surface area contributed by atoms with Crippen molar-refractivity contribution in [2.75, 3.05) is 24.2 Å². The number of aromatic amines is 1. The van der Waals surface area contributed by atoms with Crippen molar-refractivity contribution in [3.8, 4) is 17.1 Å². The quantitative estimate of drug-likeness (QED) is 0.627. The third-order valence-corrected chi connectivity index (χ3v) is 3.30. The van der Waals surface area contributed by atoms with Gasteiger partial charge >= 0.3 is 0 Å². The van der Waals surface area contributed by atoms with Crippen molar-refractivity contribution in [3.63, 3.8) is 0 Å². The van der Waals surface area contributed by atoms with E-state index < -0.39 is 0 Å². The molecule has 4 rings (SSSR count). The molecule has 0 aliphatic carbocycles. The second-order valence-corrected chi connectivity index (χ2v) is 4.65. The number of hydrogen-bond acceptors (Lipinski definition) is 5. The highest BCUT2D eigenvalue weighted by Gasteiger charge is 2.17. The normalized spacial score (nSPS) is 13.6. The Bertz CT molecular complexity index is 795. The lowest BCUT2D eigenvalue weighted by atomic mass is 10.1. The van der Waals surface area contributed by atoms with Crippen molar-refractivity contribution < 1.29 is 4.74 Å². The molecule has 6 nitrogen and oxygen atoms in total. The molecule has 0 fully saturated rings. The zero-order valence-electron chi connectivity index (χ0n) is 10.7. The topological polar surface area (TPSA) is 88.9 Å². The van der Waals surface area contributed by atoms with Crippen molar-refractivity contribution >= 4 is 22.7 Å². The van der Waals surface area contributed by atoms with E-state index in [1.54, 1.807) is 6.07 Å². The number of nitrogens with one attached hydrogen (secondary N) is 2. The molecule has 4 N–H and O–H groups in total. The second-order valence-electron chi connectivity index (χ2n) is 4.65. The Morgan fingerprint density at radius 3 is 3.05 bits per heavy atom. The summed E-state index contributed by atoms with van der Waals surface area (Å²) in [5.41, 5.74) is 9.06. The van der Waals surface area contributed by atoms with Crippen LogP contribution in [0.15, 0.2) is 30.3 Å². The Hall–Kier alpha value is -2.76. The lowest BCUT2D eigenvalue weighted by Crippen LogP contribution is -2.18. The average Bonchev–Trinajstić information content (AvgIpc) is 2.89. The fraction of sp³-hybridized carbons (Fsp3) is 0.143. The van der Waals surface area contributed by atoms with Gasteiger partial charge in [0.15, 0.2) is 11.4 Å². The van der Waals surface area contributed by atoms with Gasteiger partial charge in [-0.05, 0) is 24.3 Å². The van der Waals surface area contributed by atoms with Gasteiger partial charge in [0.25, 0.3) is 0 Å². The Morgan fingerprint density at radius 2 is 2.10 bits per heavy atom. The van der Waals surface area contributed by atoms with Crippen molar-refractivity contribution in [2.45, 2.75) is 0 Å². The standard InChI is InChI=1S/C14H13N5O/c15-11-5-4-10-14(18-11)19-13(17-10)8-2-1-3-9-12(8)20-7-6-16-9/h1-5,16H,6-7H2,(H3,15,17,18,19). The number of hydrogen-bond donors (Lipinski definition) is 3. The van der Waals surface area contributed by atoms with Gasteiger partial charge in [0.05, 0.1) is 16.8 Å². The van der Waals surface area contributed by atoms with E-state index in [0.29, 0.717) is 18.1 Å². The lowest BCUT2D eigenvalue weighted by Gasteiger charge is -2.20. The minimum absolute atomic E-state index is 0.462. The van der Waals surface area contributed by atoms with Gasteiger partial charge in [-0.1, -0.05) is 6.07 Å². The molecule has 0 amide bonds. The molecule has 2 aromatic heterocycles. The van der Waals surface area contributed by atoms with Crippen LogP contribution in [0.5, 0.6) is 5.75 Å². The fourth-order valence-electron chi connectivity index (χ4n) is 2.39. The maximum Gasteiger partial charge on any atom is 0.180 e. The van der Waals surface area contributed by atoms with Crippen molar-refractivity contribution in [1.82, 2.24) is 15.0 Å². The molecule has 0 saturated heterocycles. The molecule has 3 aromatic rings. The van der Waals surface area contributed by atoms with Crippen LogP contribution in [-0.4, -0.2) is 28.1 Å². The van der Waals surface area contributed by atoms with E-state index in [9.17, 15) is 0 Å². The molecule has 6 heteroatoms. The van der Waals surface area contributed by atoms with E-state index in [1.807, 2.05) is 24.3 Å². The van der Waals surface area contributed by atoms with Crippen molar-refractivity contribution in [3.05, 3.63) is 30.3 Å². The van der Waals surface area contributed by atoms with Crippen LogP contribution < -0.4 is 15.8 Å². The number of para-hydroxylation sites is 1. The molecule has 1 aromatic carbocycles. The summed E-state index contributed by atoms with van der Waals surface area (Å²) in [6.07, 6.45) is 0. The van der Waals surface area contributed by atoms with E-state index in [1.165, 1.54) is 0 Å². The Kier molecular flexibility index (Phi) is 2.29. The Labute approximate surface area is 115 Å². The summed E-state index contributed by atoms with van der Waals surface area (Å²) in [7, 11) is 0. The number of aromatic nitrogens is 3. The van der Waals surface area contributed by atoms with Gasteiger partial charge in [0.1, 0.15) is 18.2 Å². The van der Waals surface area contributed by atoms with E-state index in [0.717, 1.165) is 34.9 Å². The first-order valence-electron chi connectivity index (χ1n) is 6.43. The Balaban J connectivity index is 1.90. The molecule has 0 atom stereocenters. The molecule has 1 aliphatic rings. The molecule has 3 heterocycles. The molecule has 0 radical (unpaired) electrons. The molecular weight excluding hydrogens is 254 g/mol. The first-order chi connectivity index (χ1) is 9.81. The Morgan fingerprint density at radius 1 is 1.15 bits per heavy atom. The van der Waals surface area contributed by atoms with Gasteiger partial charge in [-0.3, -0.25) is 0 Å². The summed E-state index contributed by atoms with van der Waals surface area (Å²) in [5, 5.41) is 3.31.